The maximum atomic E-state index is 10.9. The van der Waals surface area contributed by atoms with E-state index in [1.807, 2.05) is 0 Å². The topological polar surface area (TPSA) is 86.2 Å². The van der Waals surface area contributed by atoms with Gasteiger partial charge in [0.1, 0.15) is 11.3 Å². The van der Waals surface area contributed by atoms with Crippen molar-refractivity contribution in [2.24, 2.45) is 0 Å². The van der Waals surface area contributed by atoms with Crippen molar-refractivity contribution in [2.45, 2.75) is 0 Å². The Balaban J connectivity index is 2.54. The second-order valence-corrected chi connectivity index (χ2v) is 3.54. The maximum absolute atomic E-state index is 10.9. The SMILES string of the molecule is O=C(O)c1cn[nH]c1-c1ccc(O)c(Cl)c1. The number of phenolic OH excluding ortho intramolecular Hbond substituents is 1. The zero-order valence-corrected chi connectivity index (χ0v) is 8.69. The first-order valence-electron chi connectivity index (χ1n) is 4.35. The highest BCUT2D eigenvalue weighted by Crippen LogP contribution is 2.29. The van der Waals surface area contributed by atoms with Gasteiger partial charge in [-0.3, -0.25) is 5.10 Å². The van der Waals surface area contributed by atoms with Crippen molar-refractivity contribution in [2.75, 3.05) is 0 Å². The molecule has 1 aromatic heterocycles. The highest BCUT2D eigenvalue weighted by molar-refractivity contribution is 6.32. The average molecular weight is 239 g/mol. The standard InChI is InChI=1S/C10H7ClN2O3/c11-7-3-5(1-2-8(7)14)9-6(10(15)16)4-12-13-9/h1-4,14H,(H,12,13)(H,15,16). The lowest BCUT2D eigenvalue weighted by Crippen LogP contribution is -1.96. The number of hydrogen-bond acceptors (Lipinski definition) is 3. The number of nitrogens with zero attached hydrogens (tertiary/aromatic N) is 1. The molecule has 0 unspecified atom stereocenters. The van der Waals surface area contributed by atoms with Crippen molar-refractivity contribution in [3.05, 3.63) is 35.0 Å². The van der Waals surface area contributed by atoms with Gasteiger partial charge in [0.2, 0.25) is 0 Å². The molecule has 0 aliphatic rings. The number of carboxylic acid groups (broad SMARTS) is 1. The van der Waals surface area contributed by atoms with Crippen molar-refractivity contribution >= 4 is 17.6 Å². The van der Waals surface area contributed by atoms with Crippen LogP contribution in [-0.2, 0) is 0 Å². The van der Waals surface area contributed by atoms with Crippen LogP contribution in [-0.4, -0.2) is 26.4 Å². The quantitative estimate of drug-likeness (QED) is 0.748. The molecule has 0 saturated heterocycles. The molecule has 0 atom stereocenters. The fourth-order valence-electron chi connectivity index (χ4n) is 1.33. The van der Waals surface area contributed by atoms with Crippen LogP contribution in [0.5, 0.6) is 5.75 Å². The van der Waals surface area contributed by atoms with Crippen LogP contribution in [0.15, 0.2) is 24.4 Å². The zero-order valence-electron chi connectivity index (χ0n) is 7.94. The molecule has 0 amide bonds. The minimum Gasteiger partial charge on any atom is -0.506 e. The van der Waals surface area contributed by atoms with Gasteiger partial charge in [-0.2, -0.15) is 5.10 Å². The second kappa shape index (κ2) is 3.86. The number of aromatic hydroxyl groups is 1. The number of phenols is 1. The molecule has 3 N–H and O–H groups in total. The molecule has 1 heterocycles. The molecule has 0 radical (unpaired) electrons. The molecule has 0 fully saturated rings. The van der Waals surface area contributed by atoms with E-state index in [2.05, 4.69) is 10.2 Å². The molecular weight excluding hydrogens is 232 g/mol. The number of carboxylic acids is 1. The number of benzene rings is 1. The Morgan fingerprint density at radius 2 is 2.19 bits per heavy atom. The third-order valence-electron chi connectivity index (χ3n) is 2.11. The largest absolute Gasteiger partial charge is 0.506 e. The Labute approximate surface area is 95.3 Å². The minimum absolute atomic E-state index is 0.0539. The summed E-state index contributed by atoms with van der Waals surface area (Å²) in [6, 6.07) is 4.42. The monoisotopic (exact) mass is 238 g/mol. The number of aromatic amines is 1. The number of aromatic nitrogens is 2. The number of aromatic carboxylic acids is 1. The Hall–Kier alpha value is -2.01. The van der Waals surface area contributed by atoms with Crippen LogP contribution < -0.4 is 0 Å². The summed E-state index contributed by atoms with van der Waals surface area (Å²) in [5.41, 5.74) is 0.967. The minimum atomic E-state index is -1.08. The van der Waals surface area contributed by atoms with Gasteiger partial charge < -0.3 is 10.2 Å². The molecule has 0 aliphatic carbocycles. The molecule has 2 rings (SSSR count). The summed E-state index contributed by atoms with van der Waals surface area (Å²) in [5, 5.41) is 24.5. The molecule has 6 heteroatoms. The summed E-state index contributed by atoms with van der Waals surface area (Å²) < 4.78 is 0. The first-order chi connectivity index (χ1) is 7.59. The first kappa shape index (κ1) is 10.5. The van der Waals surface area contributed by atoms with E-state index < -0.39 is 5.97 Å². The molecule has 0 aliphatic heterocycles. The van der Waals surface area contributed by atoms with E-state index in [1.165, 1.54) is 18.3 Å². The van der Waals surface area contributed by atoms with Gasteiger partial charge in [0.05, 0.1) is 16.9 Å². The van der Waals surface area contributed by atoms with Gasteiger partial charge in [0.25, 0.3) is 0 Å². The summed E-state index contributed by atoms with van der Waals surface area (Å²) in [6.07, 6.45) is 1.22. The van der Waals surface area contributed by atoms with Gasteiger partial charge in [-0.15, -0.1) is 0 Å². The Morgan fingerprint density at radius 1 is 1.44 bits per heavy atom. The highest BCUT2D eigenvalue weighted by Gasteiger charge is 2.14. The van der Waals surface area contributed by atoms with Gasteiger partial charge in [-0.05, 0) is 18.2 Å². The van der Waals surface area contributed by atoms with Crippen molar-refractivity contribution < 1.29 is 15.0 Å². The van der Waals surface area contributed by atoms with E-state index in [0.29, 0.717) is 11.3 Å². The Bertz CT molecular complexity index is 551. The van der Waals surface area contributed by atoms with Crippen LogP contribution in [0.25, 0.3) is 11.3 Å². The van der Waals surface area contributed by atoms with E-state index in [4.69, 9.17) is 16.7 Å². The van der Waals surface area contributed by atoms with E-state index in [1.54, 1.807) is 6.07 Å². The Kier molecular flexibility index (Phi) is 2.54. The van der Waals surface area contributed by atoms with E-state index >= 15 is 0 Å². The third kappa shape index (κ3) is 1.72. The van der Waals surface area contributed by atoms with Crippen molar-refractivity contribution in [3.8, 4) is 17.0 Å². The predicted molar refractivity (Wildman–Crippen MR) is 57.7 cm³/mol. The number of H-pyrrole nitrogens is 1. The Morgan fingerprint density at radius 3 is 2.81 bits per heavy atom. The molecule has 0 bridgehead atoms. The van der Waals surface area contributed by atoms with Gasteiger partial charge in [-0.25, -0.2) is 4.79 Å². The van der Waals surface area contributed by atoms with E-state index in [-0.39, 0.29) is 16.3 Å². The normalized spacial score (nSPS) is 10.3. The zero-order chi connectivity index (χ0) is 11.7. The number of nitrogens with one attached hydrogen (secondary N) is 1. The second-order valence-electron chi connectivity index (χ2n) is 3.13. The van der Waals surface area contributed by atoms with Crippen LogP contribution >= 0.6 is 11.6 Å². The third-order valence-corrected chi connectivity index (χ3v) is 2.41. The van der Waals surface area contributed by atoms with Gasteiger partial charge >= 0.3 is 5.97 Å². The molecular formula is C10H7ClN2O3. The van der Waals surface area contributed by atoms with Crippen LogP contribution in [0.1, 0.15) is 10.4 Å². The van der Waals surface area contributed by atoms with Gasteiger partial charge in [-0.1, -0.05) is 11.6 Å². The molecule has 1 aromatic carbocycles. The summed E-state index contributed by atoms with van der Waals surface area (Å²) in [7, 11) is 0. The van der Waals surface area contributed by atoms with Crippen LogP contribution in [0.4, 0.5) is 0 Å². The fraction of sp³-hybridized carbons (Fsp3) is 0. The molecule has 0 saturated carbocycles. The predicted octanol–water partition coefficient (Wildman–Crippen LogP) is 2.13. The highest BCUT2D eigenvalue weighted by atomic mass is 35.5. The summed E-state index contributed by atoms with van der Waals surface area (Å²) in [5.74, 6) is -1.13. The summed E-state index contributed by atoms with van der Waals surface area (Å²) >= 11 is 5.73. The van der Waals surface area contributed by atoms with Crippen molar-refractivity contribution in [1.29, 1.82) is 0 Å². The number of hydrogen-bond donors (Lipinski definition) is 3. The van der Waals surface area contributed by atoms with Gasteiger partial charge in [0, 0.05) is 5.56 Å². The van der Waals surface area contributed by atoms with Crippen molar-refractivity contribution in [3.63, 3.8) is 0 Å². The molecule has 16 heavy (non-hydrogen) atoms. The molecule has 2 aromatic rings. The molecule has 5 nitrogen and oxygen atoms in total. The van der Waals surface area contributed by atoms with Crippen LogP contribution in [0.3, 0.4) is 0 Å². The summed E-state index contributed by atoms with van der Waals surface area (Å²) in [6.45, 7) is 0. The molecule has 0 spiro atoms. The van der Waals surface area contributed by atoms with Gasteiger partial charge in [0.15, 0.2) is 0 Å². The van der Waals surface area contributed by atoms with Crippen LogP contribution in [0, 0.1) is 0 Å². The summed E-state index contributed by atoms with van der Waals surface area (Å²) in [4.78, 5) is 10.9. The van der Waals surface area contributed by atoms with E-state index in [9.17, 15) is 9.90 Å². The van der Waals surface area contributed by atoms with E-state index in [0.717, 1.165) is 0 Å². The lowest BCUT2D eigenvalue weighted by Gasteiger charge is -2.02. The molecule has 82 valence electrons. The van der Waals surface area contributed by atoms with Crippen molar-refractivity contribution in [1.82, 2.24) is 10.2 Å². The number of rotatable bonds is 2. The first-order valence-corrected chi connectivity index (χ1v) is 4.73. The average Bonchev–Trinajstić information content (AvgIpc) is 2.71. The fourth-order valence-corrected chi connectivity index (χ4v) is 1.51. The number of halogens is 1. The number of carbonyl (C=O) groups is 1. The maximum Gasteiger partial charge on any atom is 0.339 e. The lowest BCUT2D eigenvalue weighted by atomic mass is 10.1. The smallest absolute Gasteiger partial charge is 0.339 e. The van der Waals surface area contributed by atoms with Crippen LogP contribution in [0.2, 0.25) is 5.02 Å². The lowest BCUT2D eigenvalue weighted by molar-refractivity contribution is 0.0698.